The first kappa shape index (κ1) is 28.9. The maximum absolute atomic E-state index is 10.1. The van der Waals surface area contributed by atoms with E-state index in [9.17, 15) is 9.59 Å². The van der Waals surface area contributed by atoms with Crippen LogP contribution in [0.25, 0.3) is 0 Å². The smallest absolute Gasteiger partial charge is 1.00 e. The van der Waals surface area contributed by atoms with Crippen LogP contribution in [0.15, 0.2) is 0 Å². The zero-order valence-electron chi connectivity index (χ0n) is 11.8. The Kier molecular flexibility index (Phi) is 28.6. The standard InChI is InChI=1S/2C5H11NO2S.ClH.Hg/c2*1-9-3-2-4(6)5(7)8;;/h2*4H,2-3,6H2,1H3,(H,7,8);1H;/q;;;+2/p-1. The fraction of sp³-hybridized carbons (Fsp3) is 0.800. The molecule has 0 fully saturated rings. The molecule has 0 aliphatic carbocycles. The van der Waals surface area contributed by atoms with Crippen molar-refractivity contribution in [1.29, 1.82) is 0 Å². The molecule has 2 atom stereocenters. The molecular formula is C10H22ClHgN2O4S2+. The van der Waals surface area contributed by atoms with Gasteiger partial charge in [0, 0.05) is 0 Å². The molecule has 0 aromatic carbocycles. The summed E-state index contributed by atoms with van der Waals surface area (Å²) in [4.78, 5) is 20.1. The number of rotatable bonds is 8. The number of nitrogens with two attached hydrogens (primary N) is 2. The van der Waals surface area contributed by atoms with Gasteiger partial charge in [-0.1, -0.05) is 0 Å². The van der Waals surface area contributed by atoms with Gasteiger partial charge < -0.3 is 34.1 Å². The van der Waals surface area contributed by atoms with Gasteiger partial charge in [-0.2, -0.15) is 23.5 Å². The van der Waals surface area contributed by atoms with Gasteiger partial charge in [-0.3, -0.25) is 9.59 Å². The van der Waals surface area contributed by atoms with Gasteiger partial charge in [0.15, 0.2) is 0 Å². The van der Waals surface area contributed by atoms with Crippen LogP contribution >= 0.6 is 23.5 Å². The van der Waals surface area contributed by atoms with Crippen LogP contribution in [0, 0.1) is 0 Å². The van der Waals surface area contributed by atoms with E-state index in [4.69, 9.17) is 21.7 Å². The zero-order valence-corrected chi connectivity index (χ0v) is 19.6. The Morgan fingerprint density at radius 1 is 0.950 bits per heavy atom. The molecule has 0 saturated carbocycles. The molecule has 6 N–H and O–H groups in total. The number of hydrogen-bond donors (Lipinski definition) is 4. The second kappa shape index (κ2) is 19.8. The average molecular weight is 534 g/mol. The maximum atomic E-state index is 10.1. The maximum Gasteiger partial charge on any atom is 2.00 e. The van der Waals surface area contributed by atoms with Crippen molar-refractivity contribution >= 4 is 35.5 Å². The van der Waals surface area contributed by atoms with E-state index in [1.807, 2.05) is 12.5 Å². The first-order valence-electron chi connectivity index (χ1n) is 5.31. The molecule has 20 heavy (non-hydrogen) atoms. The van der Waals surface area contributed by atoms with Crippen LogP contribution < -0.4 is 23.9 Å². The second-order valence-electron chi connectivity index (χ2n) is 3.45. The van der Waals surface area contributed by atoms with E-state index in [1.54, 1.807) is 23.5 Å². The molecule has 0 bridgehead atoms. The fourth-order valence-electron chi connectivity index (χ4n) is 0.737. The summed E-state index contributed by atoms with van der Waals surface area (Å²) in [5.74, 6) is -0.200. The third kappa shape index (κ3) is 21.1. The van der Waals surface area contributed by atoms with Crippen molar-refractivity contribution in [2.75, 3.05) is 24.0 Å². The summed E-state index contributed by atoms with van der Waals surface area (Å²) in [6.07, 6.45) is 4.95. The molecule has 0 rings (SSSR count). The molecular weight excluding hydrogens is 512 g/mol. The van der Waals surface area contributed by atoms with E-state index in [-0.39, 0.29) is 40.1 Å². The largest absolute Gasteiger partial charge is 2.00 e. The Morgan fingerprint density at radius 2 is 1.20 bits per heavy atom. The van der Waals surface area contributed by atoms with E-state index in [0.29, 0.717) is 12.8 Å². The third-order valence-electron chi connectivity index (χ3n) is 1.90. The summed E-state index contributed by atoms with van der Waals surface area (Å²) in [7, 11) is 0. The molecule has 2 unspecified atom stereocenters. The average Bonchev–Trinajstić information content (AvgIpc) is 2.33. The molecule has 0 saturated heterocycles. The van der Waals surface area contributed by atoms with Crippen molar-refractivity contribution in [2.45, 2.75) is 24.9 Å². The van der Waals surface area contributed by atoms with Crippen LogP contribution in [-0.4, -0.2) is 58.3 Å². The summed E-state index contributed by atoms with van der Waals surface area (Å²) >= 11 is 3.21. The van der Waals surface area contributed by atoms with Crippen LogP contribution in [0.5, 0.6) is 0 Å². The van der Waals surface area contributed by atoms with Crippen LogP contribution in [0.1, 0.15) is 12.8 Å². The minimum absolute atomic E-state index is 0. The minimum Gasteiger partial charge on any atom is -1.00 e. The van der Waals surface area contributed by atoms with Crippen molar-refractivity contribution in [1.82, 2.24) is 0 Å². The van der Waals surface area contributed by atoms with E-state index in [1.165, 1.54) is 0 Å². The van der Waals surface area contributed by atoms with Gasteiger partial charge in [-0.05, 0) is 36.9 Å². The van der Waals surface area contributed by atoms with Gasteiger partial charge in [0.2, 0.25) is 0 Å². The molecule has 0 radical (unpaired) electrons. The monoisotopic (exact) mass is 535 g/mol. The number of carboxylic acids is 2. The molecule has 0 amide bonds. The summed E-state index contributed by atoms with van der Waals surface area (Å²) < 4.78 is 0. The normalized spacial score (nSPS) is 11.8. The molecule has 116 valence electrons. The Labute approximate surface area is 155 Å². The predicted octanol–water partition coefficient (Wildman–Crippen LogP) is -2.70. The van der Waals surface area contributed by atoms with E-state index >= 15 is 0 Å². The molecule has 0 spiro atoms. The molecule has 10 heteroatoms. The Balaban J connectivity index is -0.000000116. The number of thioether (sulfide) groups is 2. The molecule has 0 aromatic heterocycles. The summed E-state index contributed by atoms with van der Waals surface area (Å²) in [5, 5.41) is 16.5. The first-order chi connectivity index (χ1) is 8.36. The second-order valence-corrected chi connectivity index (χ2v) is 5.42. The van der Waals surface area contributed by atoms with Gasteiger partial charge in [0.05, 0.1) is 0 Å². The fourth-order valence-corrected chi connectivity index (χ4v) is 1.72. The van der Waals surface area contributed by atoms with Gasteiger partial charge in [-0.15, -0.1) is 0 Å². The van der Waals surface area contributed by atoms with Crippen molar-refractivity contribution in [2.24, 2.45) is 11.5 Å². The Morgan fingerprint density at radius 3 is 1.35 bits per heavy atom. The molecule has 0 aliphatic heterocycles. The number of aliphatic carboxylic acids is 2. The van der Waals surface area contributed by atoms with E-state index < -0.39 is 24.0 Å². The number of carbonyl (C=O) groups is 2. The number of halogens is 1. The van der Waals surface area contributed by atoms with Gasteiger partial charge in [0.1, 0.15) is 12.1 Å². The van der Waals surface area contributed by atoms with Crippen molar-refractivity contribution in [3.63, 3.8) is 0 Å². The summed E-state index contributed by atoms with van der Waals surface area (Å²) in [6, 6.07) is -1.37. The SMILES string of the molecule is CSCCC(N)C(=O)O.CSCCC(N)C(=O)O.[Cl-].[Hg+2]. The van der Waals surface area contributed by atoms with Crippen molar-refractivity contribution < 1.29 is 59.9 Å². The topological polar surface area (TPSA) is 127 Å². The molecule has 0 aliphatic rings. The summed E-state index contributed by atoms with van der Waals surface area (Å²) in [6.45, 7) is 0. The van der Waals surface area contributed by atoms with E-state index in [0.717, 1.165) is 11.5 Å². The predicted molar refractivity (Wildman–Crippen MR) is 77.2 cm³/mol. The van der Waals surface area contributed by atoms with Crippen LogP contribution in [0.3, 0.4) is 0 Å². The third-order valence-corrected chi connectivity index (χ3v) is 3.19. The van der Waals surface area contributed by atoms with Crippen LogP contribution in [0.2, 0.25) is 0 Å². The van der Waals surface area contributed by atoms with Crippen molar-refractivity contribution in [3.05, 3.63) is 0 Å². The quantitative estimate of drug-likeness (QED) is 0.248. The van der Waals surface area contributed by atoms with Crippen LogP contribution in [-0.2, 0) is 37.3 Å². The Bertz CT molecular complexity index is 229. The first-order valence-corrected chi connectivity index (χ1v) is 8.10. The molecule has 0 heterocycles. The van der Waals surface area contributed by atoms with Crippen LogP contribution in [0.4, 0.5) is 0 Å². The molecule has 0 aromatic rings. The van der Waals surface area contributed by atoms with E-state index in [2.05, 4.69) is 0 Å². The molecule has 6 nitrogen and oxygen atoms in total. The zero-order chi connectivity index (χ0) is 14.6. The number of carboxylic acid groups (broad SMARTS) is 2. The minimum atomic E-state index is -0.913. The summed E-state index contributed by atoms with van der Waals surface area (Å²) in [5.41, 5.74) is 10.4. The van der Waals surface area contributed by atoms with Gasteiger partial charge >= 0.3 is 39.6 Å². The number of hydrogen-bond acceptors (Lipinski definition) is 6. The Hall–Kier alpha value is 0.785. The van der Waals surface area contributed by atoms with Gasteiger partial charge in [-0.25, -0.2) is 0 Å². The van der Waals surface area contributed by atoms with Crippen molar-refractivity contribution in [3.8, 4) is 0 Å². The van der Waals surface area contributed by atoms with Gasteiger partial charge in [0.25, 0.3) is 0 Å².